The fourth-order valence-corrected chi connectivity index (χ4v) is 3.26. The van der Waals surface area contributed by atoms with Crippen molar-refractivity contribution in [2.75, 3.05) is 5.32 Å². The van der Waals surface area contributed by atoms with Crippen LogP contribution in [0.15, 0.2) is 91.1 Å². The number of hydrogen-bond acceptors (Lipinski definition) is 5. The number of anilines is 1. The molecule has 33 heavy (non-hydrogen) atoms. The van der Waals surface area contributed by atoms with Gasteiger partial charge in [0.25, 0.3) is 0 Å². The van der Waals surface area contributed by atoms with Crippen molar-refractivity contribution in [1.82, 2.24) is 9.78 Å². The SMILES string of the molecule is N#CCC(=O)Nc1ccc(C(=O)OCc2cn(-c3ccccc3)nc2-c2ccccc2)cc1. The van der Waals surface area contributed by atoms with Crippen molar-refractivity contribution >= 4 is 17.6 Å². The van der Waals surface area contributed by atoms with E-state index in [9.17, 15) is 9.59 Å². The van der Waals surface area contributed by atoms with Crippen molar-refractivity contribution in [2.24, 2.45) is 0 Å². The molecular weight excluding hydrogens is 416 g/mol. The van der Waals surface area contributed by atoms with E-state index in [1.165, 1.54) is 0 Å². The van der Waals surface area contributed by atoms with Gasteiger partial charge in [0.15, 0.2) is 0 Å². The number of aromatic nitrogens is 2. The number of para-hydroxylation sites is 1. The van der Waals surface area contributed by atoms with Gasteiger partial charge in [-0.15, -0.1) is 0 Å². The minimum atomic E-state index is -0.489. The summed E-state index contributed by atoms with van der Waals surface area (Å²) in [5, 5.41) is 15.9. The number of esters is 1. The number of nitrogens with one attached hydrogen (secondary N) is 1. The Morgan fingerprint density at radius 2 is 1.61 bits per heavy atom. The topological polar surface area (TPSA) is 97.0 Å². The third-order valence-corrected chi connectivity index (χ3v) is 4.86. The van der Waals surface area contributed by atoms with Gasteiger partial charge in [-0.1, -0.05) is 48.5 Å². The Morgan fingerprint density at radius 3 is 2.27 bits per heavy atom. The fraction of sp³-hybridized carbons (Fsp3) is 0.0769. The molecule has 0 unspecified atom stereocenters. The second-order valence-corrected chi connectivity index (χ2v) is 7.19. The Morgan fingerprint density at radius 1 is 0.939 bits per heavy atom. The summed E-state index contributed by atoms with van der Waals surface area (Å²) in [5.41, 5.74) is 4.20. The number of carbonyl (C=O) groups excluding carboxylic acids is 2. The molecule has 1 aromatic heterocycles. The maximum Gasteiger partial charge on any atom is 0.338 e. The van der Waals surface area contributed by atoms with Crippen molar-refractivity contribution in [1.29, 1.82) is 5.26 Å². The molecule has 0 saturated carbocycles. The highest BCUT2D eigenvalue weighted by molar-refractivity contribution is 5.93. The summed E-state index contributed by atoms with van der Waals surface area (Å²) in [6, 6.07) is 27.5. The molecule has 0 saturated heterocycles. The molecule has 4 aromatic rings. The highest BCUT2D eigenvalue weighted by Gasteiger charge is 2.15. The number of benzene rings is 3. The van der Waals surface area contributed by atoms with Crippen LogP contribution in [0.3, 0.4) is 0 Å². The molecule has 7 nitrogen and oxygen atoms in total. The highest BCUT2D eigenvalue weighted by atomic mass is 16.5. The van der Waals surface area contributed by atoms with Crippen molar-refractivity contribution in [3.63, 3.8) is 0 Å². The van der Waals surface area contributed by atoms with Gasteiger partial charge in [0.05, 0.1) is 23.0 Å². The van der Waals surface area contributed by atoms with Gasteiger partial charge in [0.2, 0.25) is 5.91 Å². The van der Waals surface area contributed by atoms with Gasteiger partial charge in [0, 0.05) is 23.0 Å². The molecule has 0 bridgehead atoms. The van der Waals surface area contributed by atoms with E-state index in [1.54, 1.807) is 35.0 Å². The van der Waals surface area contributed by atoms with E-state index < -0.39 is 11.9 Å². The minimum Gasteiger partial charge on any atom is -0.457 e. The zero-order chi connectivity index (χ0) is 23.0. The zero-order valence-electron chi connectivity index (χ0n) is 17.6. The third kappa shape index (κ3) is 5.32. The number of nitrogens with zero attached hydrogens (tertiary/aromatic N) is 3. The monoisotopic (exact) mass is 436 g/mol. The van der Waals surface area contributed by atoms with Crippen LogP contribution in [0.1, 0.15) is 22.3 Å². The van der Waals surface area contributed by atoms with Crippen LogP contribution < -0.4 is 5.32 Å². The molecule has 3 aromatic carbocycles. The van der Waals surface area contributed by atoms with E-state index in [0.29, 0.717) is 11.3 Å². The number of hydrogen-bond donors (Lipinski definition) is 1. The second-order valence-electron chi connectivity index (χ2n) is 7.19. The van der Waals surface area contributed by atoms with Gasteiger partial charge >= 0.3 is 5.97 Å². The average Bonchev–Trinajstić information content (AvgIpc) is 3.28. The van der Waals surface area contributed by atoms with Gasteiger partial charge in [-0.2, -0.15) is 10.4 Å². The lowest BCUT2D eigenvalue weighted by Gasteiger charge is -2.07. The molecule has 0 fully saturated rings. The van der Waals surface area contributed by atoms with Crippen molar-refractivity contribution in [3.8, 4) is 23.0 Å². The van der Waals surface area contributed by atoms with E-state index in [2.05, 4.69) is 5.32 Å². The maximum absolute atomic E-state index is 12.6. The van der Waals surface area contributed by atoms with Crippen molar-refractivity contribution in [2.45, 2.75) is 13.0 Å². The first-order chi connectivity index (χ1) is 16.1. The Hall–Kier alpha value is -4.70. The van der Waals surface area contributed by atoms with Gasteiger partial charge in [-0.05, 0) is 36.4 Å². The normalized spacial score (nSPS) is 10.3. The van der Waals surface area contributed by atoms with Crippen LogP contribution in [0.2, 0.25) is 0 Å². The molecule has 0 aliphatic carbocycles. The molecule has 0 atom stereocenters. The predicted octanol–water partition coefficient (Wildman–Crippen LogP) is 4.75. The predicted molar refractivity (Wildman–Crippen MR) is 123 cm³/mol. The number of rotatable bonds is 7. The molecule has 0 radical (unpaired) electrons. The first-order valence-electron chi connectivity index (χ1n) is 10.3. The number of ether oxygens (including phenoxy) is 1. The first-order valence-corrected chi connectivity index (χ1v) is 10.3. The molecule has 0 spiro atoms. The smallest absolute Gasteiger partial charge is 0.338 e. The van der Waals surface area contributed by atoms with Crippen molar-refractivity contribution in [3.05, 3.63) is 102 Å². The Bertz CT molecular complexity index is 1290. The summed E-state index contributed by atoms with van der Waals surface area (Å²) in [6.45, 7) is 0.0521. The van der Waals surface area contributed by atoms with E-state index in [4.69, 9.17) is 15.1 Å². The summed E-state index contributed by atoms with van der Waals surface area (Å²) in [5.74, 6) is -0.895. The number of amides is 1. The van der Waals surface area contributed by atoms with Crippen LogP contribution in [-0.4, -0.2) is 21.7 Å². The largest absolute Gasteiger partial charge is 0.457 e. The lowest BCUT2D eigenvalue weighted by atomic mass is 10.1. The summed E-state index contributed by atoms with van der Waals surface area (Å²) >= 11 is 0. The standard InChI is InChI=1S/C26H20N4O3/c27-16-15-24(31)28-22-13-11-20(12-14-22)26(32)33-18-21-17-30(23-9-5-2-6-10-23)29-25(21)19-7-3-1-4-8-19/h1-14,17H,15,18H2,(H,28,31). The molecule has 0 aliphatic rings. The average molecular weight is 436 g/mol. The Kier molecular flexibility index (Phi) is 6.57. The van der Waals surface area contributed by atoms with Crippen molar-refractivity contribution < 1.29 is 14.3 Å². The lowest BCUT2D eigenvalue weighted by molar-refractivity contribution is -0.115. The fourth-order valence-electron chi connectivity index (χ4n) is 3.26. The maximum atomic E-state index is 12.6. The highest BCUT2D eigenvalue weighted by Crippen LogP contribution is 2.24. The van der Waals surface area contributed by atoms with E-state index >= 15 is 0 Å². The summed E-state index contributed by atoms with van der Waals surface area (Å²) < 4.78 is 7.33. The van der Waals surface area contributed by atoms with E-state index in [-0.39, 0.29) is 13.0 Å². The molecule has 162 valence electrons. The molecule has 1 N–H and O–H groups in total. The van der Waals surface area contributed by atoms with Crippen LogP contribution in [-0.2, 0) is 16.1 Å². The van der Waals surface area contributed by atoms with Gasteiger partial charge in [-0.3, -0.25) is 4.79 Å². The van der Waals surface area contributed by atoms with Crippen LogP contribution in [0.4, 0.5) is 5.69 Å². The number of carbonyl (C=O) groups is 2. The van der Waals surface area contributed by atoms with E-state index in [0.717, 1.165) is 22.5 Å². The number of nitriles is 1. The summed E-state index contributed by atoms with van der Waals surface area (Å²) in [4.78, 5) is 24.1. The summed E-state index contributed by atoms with van der Waals surface area (Å²) in [7, 11) is 0. The van der Waals surface area contributed by atoms with Gasteiger partial charge in [0.1, 0.15) is 13.0 Å². The molecule has 1 heterocycles. The molecule has 0 aliphatic heterocycles. The molecule has 4 rings (SSSR count). The minimum absolute atomic E-state index is 0.0521. The Labute approximate surface area is 190 Å². The van der Waals surface area contributed by atoms with Crippen LogP contribution >= 0.6 is 0 Å². The molecule has 1 amide bonds. The van der Waals surface area contributed by atoms with Crippen LogP contribution in [0.25, 0.3) is 16.9 Å². The van der Waals surface area contributed by atoms with Crippen LogP contribution in [0.5, 0.6) is 0 Å². The lowest BCUT2D eigenvalue weighted by Crippen LogP contribution is -2.10. The Balaban J connectivity index is 1.50. The quantitative estimate of drug-likeness (QED) is 0.422. The first kappa shape index (κ1) is 21.5. The molecule has 7 heteroatoms. The van der Waals surface area contributed by atoms with E-state index in [1.807, 2.05) is 66.9 Å². The van der Waals surface area contributed by atoms with Crippen LogP contribution in [0, 0.1) is 11.3 Å². The summed E-state index contributed by atoms with van der Waals surface area (Å²) in [6.07, 6.45) is 1.63. The van der Waals surface area contributed by atoms with Gasteiger partial charge < -0.3 is 10.1 Å². The zero-order valence-corrected chi connectivity index (χ0v) is 17.6. The molecular formula is C26H20N4O3. The third-order valence-electron chi connectivity index (χ3n) is 4.86. The second kappa shape index (κ2) is 10.1. The van der Waals surface area contributed by atoms with Gasteiger partial charge in [-0.25, -0.2) is 9.48 Å².